The fourth-order valence-electron chi connectivity index (χ4n) is 0. The molecule has 0 rings (SSSR count). The van der Waals surface area contributed by atoms with E-state index in [1.165, 1.54) is 0 Å². The van der Waals surface area contributed by atoms with Gasteiger partial charge in [0.25, 0.3) is 0 Å². The molecule has 0 bridgehead atoms. The van der Waals surface area contributed by atoms with E-state index in [0.717, 1.165) is 0 Å². The van der Waals surface area contributed by atoms with Gasteiger partial charge in [0.2, 0.25) is 0 Å². The molecule has 0 aromatic carbocycles. The van der Waals surface area contributed by atoms with Crippen LogP contribution in [0.5, 0.6) is 0 Å². The third-order valence-corrected chi connectivity index (χ3v) is 0. The van der Waals surface area contributed by atoms with E-state index >= 15 is 0 Å². The Morgan fingerprint density at radius 2 is 1.00 bits per heavy atom. The summed E-state index contributed by atoms with van der Waals surface area (Å²) >= 11 is 0. The lowest BCUT2D eigenvalue weighted by Gasteiger charge is -1.24. The molecular formula is C2H6O4P2. The quantitative estimate of drug-likeness (QED) is 0.407. The van der Waals surface area contributed by atoms with Gasteiger partial charge < -0.3 is 9.79 Å². The Hall–Kier alpha value is -0.140. The maximum absolute atomic E-state index is 8.46. The minimum absolute atomic E-state index is 0.833. The molecule has 0 aliphatic rings. The number of hydrogen-bond donors (Lipinski definition) is 2. The highest BCUT2D eigenvalue weighted by Crippen LogP contribution is 1.66. The Kier molecular flexibility index (Phi) is 133. The fraction of sp³-hybridized carbons (Fsp3) is 0. The van der Waals surface area contributed by atoms with Gasteiger partial charge in [-0.1, -0.05) is 0 Å². The first-order valence-electron chi connectivity index (χ1n) is 1.27. The predicted molar refractivity (Wildman–Crippen MR) is 30.9 cm³/mol. The monoisotopic (exact) mass is 156 g/mol. The molecule has 0 saturated heterocycles. The van der Waals surface area contributed by atoms with Gasteiger partial charge in [0.1, 0.15) is 0 Å². The van der Waals surface area contributed by atoms with Gasteiger partial charge in [0, 0.05) is 0 Å². The Labute approximate surface area is 50.4 Å². The van der Waals surface area contributed by atoms with E-state index < -0.39 is 17.4 Å². The molecule has 2 N–H and O–H groups in total. The zero-order valence-electron chi connectivity index (χ0n) is 4.02. The molecule has 0 fully saturated rings. The average molecular weight is 156 g/mol. The van der Waals surface area contributed by atoms with Gasteiger partial charge in [-0.15, -0.1) is 13.2 Å². The SMILES string of the molecule is C=C.O=PO.O=PO. The summed E-state index contributed by atoms with van der Waals surface area (Å²) in [7, 11) is -1.67. The number of hydrogen-bond acceptors (Lipinski definition) is 2. The van der Waals surface area contributed by atoms with Gasteiger partial charge in [-0.3, -0.25) is 0 Å². The van der Waals surface area contributed by atoms with Crippen molar-refractivity contribution < 1.29 is 18.9 Å². The molecule has 4 nitrogen and oxygen atoms in total. The molecular weight excluding hydrogens is 150 g/mol. The Bertz CT molecular complexity index is 41.3. The molecule has 8 heavy (non-hydrogen) atoms. The van der Waals surface area contributed by atoms with Crippen molar-refractivity contribution in [1.29, 1.82) is 0 Å². The lowest BCUT2D eigenvalue weighted by atomic mass is 11.3. The third kappa shape index (κ3) is 7060. The summed E-state index contributed by atoms with van der Waals surface area (Å²) in [6, 6.07) is 0. The van der Waals surface area contributed by atoms with Crippen molar-refractivity contribution in [3.05, 3.63) is 13.2 Å². The molecule has 6 heteroatoms. The van der Waals surface area contributed by atoms with E-state index in [0.29, 0.717) is 0 Å². The van der Waals surface area contributed by atoms with Crippen LogP contribution in [0.4, 0.5) is 0 Å². The van der Waals surface area contributed by atoms with Crippen LogP contribution in [-0.2, 0) is 9.13 Å². The molecule has 0 heterocycles. The molecule has 0 unspecified atom stereocenters. The van der Waals surface area contributed by atoms with E-state index in [1.807, 2.05) is 0 Å². The van der Waals surface area contributed by atoms with Crippen LogP contribution in [-0.4, -0.2) is 9.79 Å². The first-order valence-corrected chi connectivity index (χ1v) is 2.80. The fourth-order valence-corrected chi connectivity index (χ4v) is 0. The summed E-state index contributed by atoms with van der Waals surface area (Å²) in [5, 5.41) is 0. The van der Waals surface area contributed by atoms with Crippen molar-refractivity contribution in [2.24, 2.45) is 0 Å². The zero-order valence-corrected chi connectivity index (χ0v) is 5.81. The number of rotatable bonds is 0. The molecule has 0 aromatic heterocycles. The van der Waals surface area contributed by atoms with Crippen molar-refractivity contribution >= 4 is 17.4 Å². The van der Waals surface area contributed by atoms with Crippen molar-refractivity contribution in [1.82, 2.24) is 0 Å². The topological polar surface area (TPSA) is 74.6 Å². The second kappa shape index (κ2) is 68.1. The summed E-state index contributed by atoms with van der Waals surface area (Å²) in [5.74, 6) is 0. The van der Waals surface area contributed by atoms with E-state index in [-0.39, 0.29) is 0 Å². The van der Waals surface area contributed by atoms with Crippen molar-refractivity contribution in [2.45, 2.75) is 0 Å². The highest BCUT2D eigenvalue weighted by Gasteiger charge is 1.28. The molecule has 0 aliphatic carbocycles. The lowest BCUT2D eigenvalue weighted by molar-refractivity contribution is 0.523. The van der Waals surface area contributed by atoms with E-state index in [9.17, 15) is 0 Å². The highest BCUT2D eigenvalue weighted by atomic mass is 31.1. The molecule has 0 radical (unpaired) electrons. The van der Waals surface area contributed by atoms with Crippen LogP contribution in [0.2, 0.25) is 0 Å². The Morgan fingerprint density at radius 3 is 1.00 bits per heavy atom. The van der Waals surface area contributed by atoms with Gasteiger partial charge in [-0.25, -0.2) is 9.13 Å². The standard InChI is InChI=1S/C2H4.2HO2P/c1-2;2*1-3-2/h1-2H2;2*(H,1,2). The molecule has 0 amide bonds. The van der Waals surface area contributed by atoms with Crippen LogP contribution < -0.4 is 0 Å². The highest BCUT2D eigenvalue weighted by molar-refractivity contribution is 7.16. The summed E-state index contributed by atoms with van der Waals surface area (Å²) < 4.78 is 16.9. The van der Waals surface area contributed by atoms with Crippen LogP contribution in [0.15, 0.2) is 13.2 Å². The molecule has 0 saturated carbocycles. The van der Waals surface area contributed by atoms with E-state index in [2.05, 4.69) is 13.2 Å². The first-order chi connectivity index (χ1) is 3.83. The van der Waals surface area contributed by atoms with Crippen LogP contribution in [0.1, 0.15) is 0 Å². The van der Waals surface area contributed by atoms with E-state index in [4.69, 9.17) is 18.9 Å². The van der Waals surface area contributed by atoms with Crippen molar-refractivity contribution in [2.75, 3.05) is 0 Å². The maximum atomic E-state index is 8.46. The smallest absolute Gasteiger partial charge is 0.310 e. The normalized spacial score (nSPS) is 5.75. The van der Waals surface area contributed by atoms with Gasteiger partial charge >= 0.3 is 17.4 Å². The third-order valence-electron chi connectivity index (χ3n) is 0. The van der Waals surface area contributed by atoms with E-state index in [1.54, 1.807) is 0 Å². The molecule has 0 aromatic rings. The average Bonchev–Trinajstić information content (AvgIpc) is 1.75. The van der Waals surface area contributed by atoms with Gasteiger partial charge in [-0.05, 0) is 0 Å². The minimum Gasteiger partial charge on any atom is -0.310 e. The minimum atomic E-state index is -0.833. The predicted octanol–water partition coefficient (Wildman–Crippen LogP) is 1.17. The Balaban J connectivity index is -0.0000000483. The van der Waals surface area contributed by atoms with Crippen LogP contribution in [0.3, 0.4) is 0 Å². The summed E-state index contributed by atoms with van der Waals surface area (Å²) in [6.45, 7) is 6.00. The molecule has 0 spiro atoms. The van der Waals surface area contributed by atoms with Crippen LogP contribution >= 0.6 is 17.4 Å². The molecule has 48 valence electrons. The summed E-state index contributed by atoms with van der Waals surface area (Å²) in [5.41, 5.74) is 0. The van der Waals surface area contributed by atoms with Gasteiger partial charge in [-0.2, -0.15) is 0 Å². The lowest BCUT2D eigenvalue weighted by Crippen LogP contribution is -1.03. The second-order valence-electron chi connectivity index (χ2n) is 0.163. The van der Waals surface area contributed by atoms with Crippen LogP contribution in [0, 0.1) is 0 Å². The van der Waals surface area contributed by atoms with Crippen molar-refractivity contribution in [3.8, 4) is 0 Å². The molecule has 0 aliphatic heterocycles. The Morgan fingerprint density at radius 1 is 1.00 bits per heavy atom. The molecule has 0 atom stereocenters. The second-order valence-corrected chi connectivity index (χ2v) is 0.490. The zero-order chi connectivity index (χ0) is 7.41. The van der Waals surface area contributed by atoms with Crippen LogP contribution in [0.25, 0.3) is 0 Å². The van der Waals surface area contributed by atoms with Gasteiger partial charge in [0.15, 0.2) is 0 Å². The van der Waals surface area contributed by atoms with Gasteiger partial charge in [0.05, 0.1) is 0 Å². The largest absolute Gasteiger partial charge is 0.324 e. The van der Waals surface area contributed by atoms with Crippen molar-refractivity contribution in [3.63, 3.8) is 0 Å². The summed E-state index contributed by atoms with van der Waals surface area (Å²) in [6.07, 6.45) is 0. The first kappa shape index (κ1) is 15.7. The summed E-state index contributed by atoms with van der Waals surface area (Å²) in [4.78, 5) is 14.0. The maximum Gasteiger partial charge on any atom is 0.324 e.